The first-order chi connectivity index (χ1) is 19.4. The molecule has 1 aromatic heterocycles. The summed E-state index contributed by atoms with van der Waals surface area (Å²) in [5.74, 6) is 0.900. The van der Waals surface area contributed by atoms with Gasteiger partial charge in [0.1, 0.15) is 12.4 Å². The zero-order chi connectivity index (χ0) is 27.8. The topological polar surface area (TPSA) is 65.0 Å². The lowest BCUT2D eigenvalue weighted by Crippen LogP contribution is -2.49. The van der Waals surface area contributed by atoms with Crippen molar-refractivity contribution in [1.29, 1.82) is 0 Å². The van der Waals surface area contributed by atoms with Gasteiger partial charge in [0.15, 0.2) is 0 Å². The molecule has 3 aromatic rings. The average molecular weight is 561 g/mol. The van der Waals surface area contributed by atoms with Crippen LogP contribution < -0.4 is 9.64 Å². The molecule has 4 heterocycles. The Bertz CT molecular complexity index is 1420. The molecular weight excluding hydrogens is 524 g/mol. The maximum atomic E-state index is 12.2. The minimum Gasteiger partial charge on any atom is -0.462 e. The molecule has 1 unspecified atom stereocenters. The number of amides is 1. The molecule has 0 bridgehead atoms. The molecule has 1 amide bonds. The van der Waals surface area contributed by atoms with E-state index in [1.54, 1.807) is 0 Å². The number of rotatable bonds is 6. The summed E-state index contributed by atoms with van der Waals surface area (Å²) in [7, 11) is 4.31. The first-order valence-electron chi connectivity index (χ1n) is 14.2. The van der Waals surface area contributed by atoms with Gasteiger partial charge in [0.2, 0.25) is 5.91 Å². The van der Waals surface area contributed by atoms with Crippen molar-refractivity contribution in [2.75, 3.05) is 58.3 Å². The van der Waals surface area contributed by atoms with Gasteiger partial charge in [-0.25, -0.2) is 0 Å². The van der Waals surface area contributed by atoms with Gasteiger partial charge < -0.3 is 19.4 Å². The Balaban J connectivity index is 1.34. The maximum Gasteiger partial charge on any atom is 0.318 e. The van der Waals surface area contributed by atoms with E-state index in [4.69, 9.17) is 26.3 Å². The van der Waals surface area contributed by atoms with Crippen LogP contribution in [-0.4, -0.2) is 90.0 Å². The molecule has 2 saturated heterocycles. The number of likely N-dealkylation sites (tertiary alicyclic amines) is 1. The molecule has 210 valence electrons. The van der Waals surface area contributed by atoms with Crippen LogP contribution >= 0.6 is 11.6 Å². The second-order valence-electron chi connectivity index (χ2n) is 11.2. The molecule has 3 aliphatic heterocycles. The van der Waals surface area contributed by atoms with Crippen molar-refractivity contribution in [3.05, 3.63) is 70.9 Å². The van der Waals surface area contributed by atoms with E-state index in [2.05, 4.69) is 59.6 Å². The number of halogens is 1. The number of fused-ring (bicyclic) bond motifs is 2. The highest BCUT2D eigenvalue weighted by atomic mass is 35.5. The van der Waals surface area contributed by atoms with Gasteiger partial charge in [-0.15, -0.1) is 0 Å². The van der Waals surface area contributed by atoms with Crippen molar-refractivity contribution in [3.8, 4) is 6.01 Å². The fourth-order valence-electron chi connectivity index (χ4n) is 6.43. The summed E-state index contributed by atoms with van der Waals surface area (Å²) in [6.45, 7) is 8.73. The summed E-state index contributed by atoms with van der Waals surface area (Å²) in [5.41, 5.74) is 3.37. The highest BCUT2D eigenvalue weighted by molar-refractivity contribution is 6.35. The number of piperazine rings is 1. The number of anilines is 1. The molecule has 2 aromatic carbocycles. The van der Waals surface area contributed by atoms with E-state index in [-0.39, 0.29) is 11.9 Å². The third kappa shape index (κ3) is 5.16. The van der Waals surface area contributed by atoms with Crippen molar-refractivity contribution >= 4 is 34.1 Å². The first-order valence-corrected chi connectivity index (χ1v) is 14.6. The van der Waals surface area contributed by atoms with E-state index >= 15 is 0 Å². The van der Waals surface area contributed by atoms with Gasteiger partial charge >= 0.3 is 6.01 Å². The van der Waals surface area contributed by atoms with Gasteiger partial charge in [0, 0.05) is 67.2 Å². The molecule has 0 aliphatic carbocycles. The predicted molar refractivity (Wildman–Crippen MR) is 159 cm³/mol. The highest BCUT2D eigenvalue weighted by Crippen LogP contribution is 2.40. The van der Waals surface area contributed by atoms with Gasteiger partial charge in [0.25, 0.3) is 0 Å². The van der Waals surface area contributed by atoms with Gasteiger partial charge in [0.05, 0.1) is 5.69 Å². The van der Waals surface area contributed by atoms with Crippen LogP contribution in [0, 0.1) is 0 Å². The van der Waals surface area contributed by atoms with E-state index in [9.17, 15) is 4.79 Å². The van der Waals surface area contributed by atoms with Crippen molar-refractivity contribution in [2.45, 2.75) is 37.9 Å². The standard InChI is InChI=1S/C31H37ClN6O2/c1-4-28(39)37-14-16-38(17-15-37)30-24-19-36(3)27(23-11-5-8-21-9-6-12-25(32)29(21)23)18-26(24)33-31(34-30)40-20-22-10-7-13-35(22)2/h4-6,8-9,11-12,22,27H,1,7,10,13-20H2,2-3H3/t22-,27?/m0/s1. The summed E-state index contributed by atoms with van der Waals surface area (Å²) < 4.78 is 6.29. The zero-order valence-electron chi connectivity index (χ0n) is 23.4. The average Bonchev–Trinajstić information content (AvgIpc) is 3.39. The Labute approximate surface area is 241 Å². The minimum atomic E-state index is -0.0228. The lowest BCUT2D eigenvalue weighted by atomic mass is 9.90. The molecule has 0 radical (unpaired) electrons. The van der Waals surface area contributed by atoms with Gasteiger partial charge in [-0.05, 0) is 56.6 Å². The number of carbonyl (C=O) groups excluding carboxylic acids is 1. The van der Waals surface area contributed by atoms with E-state index in [1.165, 1.54) is 18.1 Å². The van der Waals surface area contributed by atoms with E-state index in [1.807, 2.05) is 17.0 Å². The number of nitrogens with zero attached hydrogens (tertiary/aromatic N) is 6. The Hall–Kier alpha value is -3.20. The molecule has 6 rings (SSSR count). The monoisotopic (exact) mass is 560 g/mol. The number of aromatic nitrogens is 2. The summed E-state index contributed by atoms with van der Waals surface area (Å²) in [4.78, 5) is 31.0. The number of hydrogen-bond acceptors (Lipinski definition) is 7. The van der Waals surface area contributed by atoms with Gasteiger partial charge in [-0.1, -0.05) is 48.5 Å². The summed E-state index contributed by atoms with van der Waals surface area (Å²) in [6, 6.07) is 13.4. The molecule has 40 heavy (non-hydrogen) atoms. The Morgan fingerprint density at radius 3 is 2.58 bits per heavy atom. The predicted octanol–water partition coefficient (Wildman–Crippen LogP) is 4.32. The molecule has 3 aliphatic rings. The number of hydrogen-bond donors (Lipinski definition) is 0. The minimum absolute atomic E-state index is 0.0228. The molecule has 2 atom stereocenters. The van der Waals surface area contributed by atoms with Crippen molar-refractivity contribution in [2.24, 2.45) is 0 Å². The molecular formula is C31H37ClN6O2. The van der Waals surface area contributed by atoms with Gasteiger partial charge in [-0.2, -0.15) is 9.97 Å². The second kappa shape index (κ2) is 11.4. The first kappa shape index (κ1) is 27.0. The largest absolute Gasteiger partial charge is 0.462 e. The van der Waals surface area contributed by atoms with Crippen molar-refractivity contribution < 1.29 is 9.53 Å². The number of benzene rings is 2. The Morgan fingerprint density at radius 2 is 1.85 bits per heavy atom. The molecule has 2 fully saturated rings. The highest BCUT2D eigenvalue weighted by Gasteiger charge is 2.33. The zero-order valence-corrected chi connectivity index (χ0v) is 24.1. The SMILES string of the molecule is C=CC(=O)N1CCN(c2nc(OC[C@@H]3CCCN3C)nc3c2CN(C)C(c2cccc4cccc(Cl)c24)C3)CC1. The van der Waals surface area contributed by atoms with E-state index < -0.39 is 0 Å². The van der Waals surface area contributed by atoms with Crippen molar-refractivity contribution in [1.82, 2.24) is 24.7 Å². The second-order valence-corrected chi connectivity index (χ2v) is 11.6. The van der Waals surface area contributed by atoms with Crippen LogP contribution in [-0.2, 0) is 17.8 Å². The molecule has 0 saturated carbocycles. The Kier molecular flexibility index (Phi) is 7.66. The van der Waals surface area contributed by atoms with Crippen molar-refractivity contribution in [3.63, 3.8) is 0 Å². The van der Waals surface area contributed by atoms with Crippen LogP contribution in [0.5, 0.6) is 6.01 Å². The smallest absolute Gasteiger partial charge is 0.318 e. The molecule has 8 nitrogen and oxygen atoms in total. The summed E-state index contributed by atoms with van der Waals surface area (Å²) in [5, 5.41) is 3.02. The fraction of sp³-hybridized carbons (Fsp3) is 0.452. The van der Waals surface area contributed by atoms with Crippen LogP contribution in [0.25, 0.3) is 10.8 Å². The summed E-state index contributed by atoms with van der Waals surface area (Å²) in [6.07, 6.45) is 4.45. The number of likely N-dealkylation sites (N-methyl/N-ethyl adjacent to an activating group) is 2. The molecule has 0 N–H and O–H groups in total. The van der Waals surface area contributed by atoms with Crippen LogP contribution in [0.15, 0.2) is 49.1 Å². The quantitative estimate of drug-likeness (QED) is 0.416. The van der Waals surface area contributed by atoms with Crippen LogP contribution in [0.2, 0.25) is 5.02 Å². The third-order valence-electron chi connectivity index (χ3n) is 8.76. The van der Waals surface area contributed by atoms with Crippen LogP contribution in [0.4, 0.5) is 5.82 Å². The fourth-order valence-corrected chi connectivity index (χ4v) is 6.72. The lowest BCUT2D eigenvalue weighted by Gasteiger charge is -2.39. The lowest BCUT2D eigenvalue weighted by molar-refractivity contribution is -0.126. The normalized spacial score (nSPS) is 22.0. The summed E-state index contributed by atoms with van der Waals surface area (Å²) >= 11 is 6.73. The molecule has 0 spiro atoms. The Morgan fingerprint density at radius 1 is 1.07 bits per heavy atom. The van der Waals surface area contributed by atoms with E-state index in [0.29, 0.717) is 51.4 Å². The number of carbonyl (C=O) groups is 1. The maximum absolute atomic E-state index is 12.2. The third-order valence-corrected chi connectivity index (χ3v) is 9.08. The van der Waals surface area contributed by atoms with E-state index in [0.717, 1.165) is 52.3 Å². The van der Waals surface area contributed by atoms with Gasteiger partial charge in [-0.3, -0.25) is 9.69 Å². The van der Waals surface area contributed by atoms with Crippen LogP contribution in [0.1, 0.15) is 35.7 Å². The number of ether oxygens (including phenoxy) is 1. The van der Waals surface area contributed by atoms with Crippen LogP contribution in [0.3, 0.4) is 0 Å². The molecule has 9 heteroatoms.